The monoisotopic (exact) mass is 232 g/mol. The molecule has 3 heteroatoms. The van der Waals surface area contributed by atoms with E-state index >= 15 is 0 Å². The van der Waals surface area contributed by atoms with Gasteiger partial charge in [-0.15, -0.1) is 0 Å². The Balaban J connectivity index is 2.10. The summed E-state index contributed by atoms with van der Waals surface area (Å²) in [5.74, 6) is 0.557. The molecule has 90 valence electrons. The Morgan fingerprint density at radius 2 is 2.18 bits per heavy atom. The first-order valence-corrected chi connectivity index (χ1v) is 6.00. The zero-order valence-electron chi connectivity index (χ0n) is 10.2. The molecule has 1 N–H and O–H groups in total. The molecule has 3 nitrogen and oxygen atoms in total. The number of carbonyl (C=O) groups is 1. The third kappa shape index (κ3) is 1.14. The number of carboxylic acids is 1. The molecule has 1 fully saturated rings. The number of benzene rings is 1. The van der Waals surface area contributed by atoms with Gasteiger partial charge in [0.25, 0.3) is 0 Å². The van der Waals surface area contributed by atoms with Crippen molar-refractivity contribution in [3.8, 4) is 5.75 Å². The Labute approximate surface area is 100 Å². The Morgan fingerprint density at radius 1 is 1.47 bits per heavy atom. The Morgan fingerprint density at radius 3 is 2.76 bits per heavy atom. The Kier molecular flexibility index (Phi) is 1.90. The molecule has 3 rings (SSSR count). The average Bonchev–Trinajstić information content (AvgIpc) is 2.70. The lowest BCUT2D eigenvalue weighted by Crippen LogP contribution is -2.20. The molecule has 1 aliphatic heterocycles. The van der Waals surface area contributed by atoms with Gasteiger partial charge in [0.1, 0.15) is 17.3 Å². The molecule has 1 aromatic carbocycles. The summed E-state index contributed by atoms with van der Waals surface area (Å²) < 4.78 is 5.77. The first kappa shape index (κ1) is 10.6. The van der Waals surface area contributed by atoms with Gasteiger partial charge in [0.05, 0.1) is 0 Å². The minimum Gasteiger partial charge on any atom is -0.488 e. The number of hydrogen-bond acceptors (Lipinski definition) is 2. The van der Waals surface area contributed by atoms with E-state index in [2.05, 4.69) is 19.9 Å². The third-order valence-corrected chi connectivity index (χ3v) is 4.18. The van der Waals surface area contributed by atoms with Gasteiger partial charge in [0.2, 0.25) is 0 Å². The maximum atomic E-state index is 11.3. The van der Waals surface area contributed by atoms with Crippen LogP contribution in [0.15, 0.2) is 18.2 Å². The average molecular weight is 232 g/mol. The molecular formula is C14H16O3. The van der Waals surface area contributed by atoms with E-state index in [1.54, 1.807) is 6.92 Å². The number of ether oxygens (including phenoxy) is 1. The quantitative estimate of drug-likeness (QED) is 0.852. The summed E-state index contributed by atoms with van der Waals surface area (Å²) >= 11 is 0. The fourth-order valence-corrected chi connectivity index (χ4v) is 3.01. The molecule has 2 aliphatic rings. The highest BCUT2D eigenvalue weighted by Gasteiger charge is 2.73. The summed E-state index contributed by atoms with van der Waals surface area (Å²) in [6.45, 7) is 6.04. The van der Waals surface area contributed by atoms with Crippen LogP contribution in [0.1, 0.15) is 43.7 Å². The SMILES string of the molecule is CC(C)c1cccc2c1[C@@H]1C(O2)[C@@]1(C)C(=O)O. The second kappa shape index (κ2) is 3.03. The van der Waals surface area contributed by atoms with E-state index in [0.29, 0.717) is 5.92 Å². The van der Waals surface area contributed by atoms with Crippen molar-refractivity contribution in [2.75, 3.05) is 0 Å². The third-order valence-electron chi connectivity index (χ3n) is 4.18. The second-order valence-electron chi connectivity index (χ2n) is 5.52. The van der Waals surface area contributed by atoms with Gasteiger partial charge in [-0.25, -0.2) is 0 Å². The van der Waals surface area contributed by atoms with Crippen LogP contribution in [0.25, 0.3) is 0 Å². The molecule has 1 saturated carbocycles. The molecule has 17 heavy (non-hydrogen) atoms. The lowest BCUT2D eigenvalue weighted by molar-refractivity contribution is -0.144. The first-order valence-electron chi connectivity index (χ1n) is 6.00. The molecular weight excluding hydrogens is 216 g/mol. The van der Waals surface area contributed by atoms with E-state index in [1.807, 2.05) is 12.1 Å². The predicted molar refractivity (Wildman–Crippen MR) is 63.4 cm³/mol. The maximum absolute atomic E-state index is 11.3. The highest BCUT2D eigenvalue weighted by molar-refractivity contribution is 5.84. The van der Waals surface area contributed by atoms with E-state index in [-0.39, 0.29) is 12.0 Å². The van der Waals surface area contributed by atoms with Gasteiger partial charge in [-0.3, -0.25) is 4.79 Å². The Hall–Kier alpha value is -1.51. The van der Waals surface area contributed by atoms with Gasteiger partial charge >= 0.3 is 5.97 Å². The smallest absolute Gasteiger partial charge is 0.313 e. The molecule has 0 amide bonds. The standard InChI is InChI=1S/C14H16O3/c1-7(2)8-5-4-6-9-10(8)11-12(17-9)14(11,3)13(15)16/h4-7,11-12H,1-3H3,(H,15,16)/t11-,12?,14+/m1/s1. The van der Waals surface area contributed by atoms with Gasteiger partial charge in [-0.05, 0) is 24.5 Å². The van der Waals surface area contributed by atoms with Crippen LogP contribution in [0.3, 0.4) is 0 Å². The normalized spacial score (nSPS) is 32.9. The van der Waals surface area contributed by atoms with E-state index in [0.717, 1.165) is 11.3 Å². The number of fused-ring (bicyclic) bond motifs is 3. The molecule has 1 unspecified atom stereocenters. The molecule has 0 aromatic heterocycles. The van der Waals surface area contributed by atoms with E-state index in [4.69, 9.17) is 4.74 Å². The number of rotatable bonds is 2. The Bertz CT molecular complexity index is 506. The molecule has 1 aromatic rings. The molecule has 0 bridgehead atoms. The van der Waals surface area contributed by atoms with Crippen molar-refractivity contribution in [3.05, 3.63) is 29.3 Å². The second-order valence-corrected chi connectivity index (χ2v) is 5.52. The lowest BCUT2D eigenvalue weighted by Gasteiger charge is -2.17. The largest absolute Gasteiger partial charge is 0.488 e. The highest BCUT2D eigenvalue weighted by Crippen LogP contribution is 2.67. The van der Waals surface area contributed by atoms with E-state index < -0.39 is 11.4 Å². The van der Waals surface area contributed by atoms with Gasteiger partial charge in [0, 0.05) is 11.5 Å². The van der Waals surface area contributed by atoms with Crippen LogP contribution >= 0.6 is 0 Å². The number of aliphatic carboxylic acids is 1. The molecule has 0 radical (unpaired) electrons. The summed E-state index contributed by atoms with van der Waals surface area (Å²) in [6.07, 6.45) is -0.171. The van der Waals surface area contributed by atoms with E-state index in [9.17, 15) is 9.90 Å². The molecule has 1 heterocycles. The number of carboxylic acid groups (broad SMARTS) is 1. The van der Waals surface area contributed by atoms with Crippen molar-refractivity contribution in [2.24, 2.45) is 5.41 Å². The predicted octanol–water partition coefficient (Wildman–Crippen LogP) is 2.76. The highest BCUT2D eigenvalue weighted by atomic mass is 16.5. The van der Waals surface area contributed by atoms with Crippen LogP contribution in [-0.4, -0.2) is 17.2 Å². The van der Waals surface area contributed by atoms with Crippen molar-refractivity contribution < 1.29 is 14.6 Å². The van der Waals surface area contributed by atoms with Crippen LogP contribution in [0.2, 0.25) is 0 Å². The zero-order valence-corrected chi connectivity index (χ0v) is 10.2. The van der Waals surface area contributed by atoms with Crippen LogP contribution in [0, 0.1) is 5.41 Å². The minimum absolute atomic E-state index is 0.0357. The van der Waals surface area contributed by atoms with Crippen LogP contribution in [0.5, 0.6) is 5.75 Å². The van der Waals surface area contributed by atoms with Crippen molar-refractivity contribution in [1.29, 1.82) is 0 Å². The van der Waals surface area contributed by atoms with Crippen LogP contribution in [-0.2, 0) is 4.79 Å². The van der Waals surface area contributed by atoms with Crippen LogP contribution in [0.4, 0.5) is 0 Å². The van der Waals surface area contributed by atoms with Gasteiger partial charge in [0.15, 0.2) is 0 Å². The lowest BCUT2D eigenvalue weighted by atomic mass is 9.90. The maximum Gasteiger partial charge on any atom is 0.313 e. The van der Waals surface area contributed by atoms with Crippen molar-refractivity contribution in [1.82, 2.24) is 0 Å². The zero-order chi connectivity index (χ0) is 12.4. The van der Waals surface area contributed by atoms with Gasteiger partial charge < -0.3 is 9.84 Å². The minimum atomic E-state index is -0.753. The molecule has 1 aliphatic carbocycles. The van der Waals surface area contributed by atoms with Crippen molar-refractivity contribution in [2.45, 2.75) is 38.7 Å². The fraction of sp³-hybridized carbons (Fsp3) is 0.500. The van der Waals surface area contributed by atoms with Gasteiger partial charge in [-0.2, -0.15) is 0 Å². The summed E-state index contributed by atoms with van der Waals surface area (Å²) in [7, 11) is 0. The topological polar surface area (TPSA) is 46.5 Å². The van der Waals surface area contributed by atoms with Crippen molar-refractivity contribution >= 4 is 5.97 Å². The van der Waals surface area contributed by atoms with Crippen molar-refractivity contribution in [3.63, 3.8) is 0 Å². The summed E-state index contributed by atoms with van der Waals surface area (Å²) in [6, 6.07) is 6.00. The molecule has 0 saturated heterocycles. The first-order chi connectivity index (χ1) is 7.98. The van der Waals surface area contributed by atoms with E-state index in [1.165, 1.54) is 5.56 Å². The summed E-state index contributed by atoms with van der Waals surface area (Å²) in [4.78, 5) is 11.3. The molecule has 0 spiro atoms. The summed E-state index contributed by atoms with van der Waals surface area (Å²) in [5, 5.41) is 9.29. The van der Waals surface area contributed by atoms with Gasteiger partial charge in [-0.1, -0.05) is 26.0 Å². The summed E-state index contributed by atoms with van der Waals surface area (Å²) in [5.41, 5.74) is 1.62. The van der Waals surface area contributed by atoms with Crippen LogP contribution < -0.4 is 4.74 Å². The molecule has 3 atom stereocenters. The number of hydrogen-bond donors (Lipinski definition) is 1. The fourth-order valence-electron chi connectivity index (χ4n) is 3.01.